The normalized spacial score (nSPS) is 16.3. The molecule has 1 aliphatic rings. The maximum absolute atomic E-state index is 9.71. The van der Waals surface area contributed by atoms with Crippen LogP contribution in [0.1, 0.15) is 41.1 Å². The first-order valence-electron chi connectivity index (χ1n) is 7.37. The fourth-order valence-corrected chi connectivity index (χ4v) is 3.15. The third kappa shape index (κ3) is 3.22. The average Bonchev–Trinajstić information content (AvgIpc) is 2.85. The molecule has 1 aliphatic heterocycles. The second-order valence-corrected chi connectivity index (χ2v) is 6.14. The molecule has 0 spiro atoms. The second-order valence-electron chi connectivity index (χ2n) is 5.74. The number of nitrogens with zero attached hydrogens (tertiary/aromatic N) is 2. The highest BCUT2D eigenvalue weighted by atomic mass is 35.5. The maximum atomic E-state index is 9.71. The third-order valence-corrected chi connectivity index (χ3v) is 4.61. The van der Waals surface area contributed by atoms with Gasteiger partial charge in [0.15, 0.2) is 0 Å². The van der Waals surface area contributed by atoms with Crippen molar-refractivity contribution in [1.29, 1.82) is 0 Å². The van der Waals surface area contributed by atoms with E-state index in [9.17, 15) is 5.21 Å². The summed E-state index contributed by atoms with van der Waals surface area (Å²) < 4.78 is 0. The van der Waals surface area contributed by atoms with Crippen molar-refractivity contribution in [3.8, 4) is 0 Å². The number of hydrogen-bond acceptors (Lipinski definition) is 3. The van der Waals surface area contributed by atoms with Crippen LogP contribution in [0.25, 0.3) is 0 Å². The van der Waals surface area contributed by atoms with Crippen molar-refractivity contribution in [1.82, 2.24) is 15.3 Å². The Kier molecular flexibility index (Phi) is 4.17. The fraction of sp³-hybridized carbons (Fsp3) is 0.438. The van der Waals surface area contributed by atoms with Crippen LogP contribution in [0.15, 0.2) is 24.4 Å². The summed E-state index contributed by atoms with van der Waals surface area (Å²) in [5.74, 6) is 0.482. The smallest absolute Gasteiger partial charge is 0.0738 e. The molecule has 0 radical (unpaired) electrons. The highest BCUT2D eigenvalue weighted by Gasteiger charge is 2.21. The van der Waals surface area contributed by atoms with E-state index < -0.39 is 0 Å². The van der Waals surface area contributed by atoms with Gasteiger partial charge >= 0.3 is 0 Å². The van der Waals surface area contributed by atoms with E-state index in [0.29, 0.717) is 5.92 Å². The Labute approximate surface area is 129 Å². The van der Waals surface area contributed by atoms with Crippen molar-refractivity contribution in [2.75, 3.05) is 13.1 Å². The first-order chi connectivity index (χ1) is 10.1. The Morgan fingerprint density at radius 1 is 1.38 bits per heavy atom. The molecule has 1 aromatic carbocycles. The zero-order chi connectivity index (χ0) is 14.8. The summed E-state index contributed by atoms with van der Waals surface area (Å²) in [6.45, 7) is 4.06. The lowest BCUT2D eigenvalue weighted by molar-refractivity contribution is 0.147. The van der Waals surface area contributed by atoms with E-state index in [4.69, 9.17) is 11.6 Å². The summed E-state index contributed by atoms with van der Waals surface area (Å²) >= 11 is 6.07. The molecule has 1 saturated heterocycles. The molecular formula is C16H20ClN3O. The molecule has 1 fully saturated rings. The van der Waals surface area contributed by atoms with Gasteiger partial charge in [0.2, 0.25) is 0 Å². The third-order valence-electron chi connectivity index (χ3n) is 4.18. The number of nitrogens with one attached hydrogen (secondary N) is 1. The van der Waals surface area contributed by atoms with Gasteiger partial charge in [-0.05, 0) is 56.0 Å². The average molecular weight is 306 g/mol. The highest BCUT2D eigenvalue weighted by Crippen LogP contribution is 2.29. The molecule has 2 N–H and O–H groups in total. The van der Waals surface area contributed by atoms with E-state index in [1.54, 1.807) is 6.20 Å². The molecule has 2 aromatic rings. The quantitative estimate of drug-likeness (QED) is 0.857. The molecule has 0 saturated carbocycles. The number of benzene rings is 1. The van der Waals surface area contributed by atoms with Gasteiger partial charge in [0.1, 0.15) is 0 Å². The summed E-state index contributed by atoms with van der Waals surface area (Å²) in [6, 6.07) is 6.04. The van der Waals surface area contributed by atoms with Crippen LogP contribution in [0, 0.1) is 6.92 Å². The largest absolute Gasteiger partial charge is 0.412 e. The van der Waals surface area contributed by atoms with Crippen LogP contribution in [0.3, 0.4) is 0 Å². The zero-order valence-corrected chi connectivity index (χ0v) is 12.9. The molecule has 0 unspecified atom stereocenters. The first-order valence-corrected chi connectivity index (χ1v) is 7.74. The van der Waals surface area contributed by atoms with E-state index >= 15 is 0 Å². The van der Waals surface area contributed by atoms with E-state index in [-0.39, 0.29) is 0 Å². The molecule has 21 heavy (non-hydrogen) atoms. The van der Waals surface area contributed by atoms with Crippen LogP contribution in [0.5, 0.6) is 0 Å². The summed E-state index contributed by atoms with van der Waals surface area (Å²) in [5.41, 5.74) is 4.38. The van der Waals surface area contributed by atoms with Gasteiger partial charge in [0, 0.05) is 17.0 Å². The predicted octanol–water partition coefficient (Wildman–Crippen LogP) is 3.14. The highest BCUT2D eigenvalue weighted by molar-refractivity contribution is 6.31. The van der Waals surface area contributed by atoms with E-state index in [0.717, 1.165) is 53.5 Å². The van der Waals surface area contributed by atoms with E-state index in [1.165, 1.54) is 11.1 Å². The van der Waals surface area contributed by atoms with Gasteiger partial charge in [0.05, 0.1) is 11.9 Å². The molecule has 0 aliphatic carbocycles. The Bertz CT molecular complexity index is 632. The van der Waals surface area contributed by atoms with Crippen molar-refractivity contribution in [2.24, 2.45) is 0 Å². The standard InChI is InChI=1S/C16H20ClN3O/c1-11-8-12(2-3-15(11)17)9-16-14(10-20(21)19-16)13-4-6-18-7-5-13/h2-3,8,10,13,18,21H,4-7,9H2,1H3. The van der Waals surface area contributed by atoms with Crippen molar-refractivity contribution in [3.63, 3.8) is 0 Å². The number of piperidine rings is 1. The van der Waals surface area contributed by atoms with Crippen molar-refractivity contribution >= 4 is 11.6 Å². The van der Waals surface area contributed by atoms with Crippen molar-refractivity contribution < 1.29 is 5.21 Å². The lowest BCUT2D eigenvalue weighted by Gasteiger charge is -2.22. The molecule has 0 atom stereocenters. The lowest BCUT2D eigenvalue weighted by atomic mass is 9.89. The number of aromatic nitrogens is 2. The number of hydrogen-bond donors (Lipinski definition) is 2. The summed E-state index contributed by atoms with van der Waals surface area (Å²) in [6.07, 6.45) is 4.68. The number of aryl methyl sites for hydroxylation is 1. The number of halogens is 1. The van der Waals surface area contributed by atoms with Gasteiger partial charge in [-0.3, -0.25) is 0 Å². The van der Waals surface area contributed by atoms with E-state index in [1.807, 2.05) is 19.1 Å². The SMILES string of the molecule is Cc1cc(Cc2nn(O)cc2C2CCNCC2)ccc1Cl. The minimum absolute atomic E-state index is 0.482. The monoisotopic (exact) mass is 305 g/mol. The molecule has 2 heterocycles. The van der Waals surface area contributed by atoms with Gasteiger partial charge in [0.25, 0.3) is 0 Å². The Morgan fingerprint density at radius 3 is 2.86 bits per heavy atom. The minimum Gasteiger partial charge on any atom is -0.412 e. The van der Waals surface area contributed by atoms with Gasteiger partial charge < -0.3 is 10.5 Å². The zero-order valence-electron chi connectivity index (χ0n) is 12.1. The number of rotatable bonds is 3. The van der Waals surface area contributed by atoms with Crippen molar-refractivity contribution in [2.45, 2.75) is 32.1 Å². The van der Waals surface area contributed by atoms with Crippen LogP contribution in [0.2, 0.25) is 5.02 Å². The summed E-state index contributed by atoms with van der Waals surface area (Å²) in [4.78, 5) is 0.954. The second kappa shape index (κ2) is 6.08. The molecule has 1 aromatic heterocycles. The van der Waals surface area contributed by atoms with Crippen molar-refractivity contribution in [3.05, 3.63) is 51.8 Å². The van der Waals surface area contributed by atoms with Gasteiger partial charge in [-0.25, -0.2) is 0 Å². The minimum atomic E-state index is 0.482. The molecule has 0 amide bonds. The van der Waals surface area contributed by atoms with Crippen LogP contribution < -0.4 is 5.32 Å². The molecular weight excluding hydrogens is 286 g/mol. The maximum Gasteiger partial charge on any atom is 0.0738 e. The molecule has 4 nitrogen and oxygen atoms in total. The summed E-state index contributed by atoms with van der Waals surface area (Å²) in [7, 11) is 0. The van der Waals surface area contributed by atoms with Crippen LogP contribution in [-0.2, 0) is 6.42 Å². The molecule has 5 heteroatoms. The molecule has 0 bridgehead atoms. The summed E-state index contributed by atoms with van der Waals surface area (Å²) in [5, 5.41) is 18.1. The van der Waals surface area contributed by atoms with Crippen LogP contribution in [0.4, 0.5) is 0 Å². The van der Waals surface area contributed by atoms with E-state index in [2.05, 4.69) is 16.5 Å². The van der Waals surface area contributed by atoms with Gasteiger partial charge in [-0.2, -0.15) is 0 Å². The lowest BCUT2D eigenvalue weighted by Crippen LogP contribution is -2.26. The Morgan fingerprint density at radius 2 is 2.14 bits per heavy atom. The van der Waals surface area contributed by atoms with Gasteiger partial charge in [-0.1, -0.05) is 23.7 Å². The van der Waals surface area contributed by atoms with Crippen LogP contribution in [-0.4, -0.2) is 28.2 Å². The Hall–Kier alpha value is -1.52. The van der Waals surface area contributed by atoms with Gasteiger partial charge in [-0.15, -0.1) is 9.94 Å². The first kappa shape index (κ1) is 14.4. The fourth-order valence-electron chi connectivity index (χ4n) is 3.03. The van der Waals surface area contributed by atoms with Crippen LogP contribution >= 0.6 is 11.6 Å². The molecule has 112 valence electrons. The predicted molar refractivity (Wildman–Crippen MR) is 83.3 cm³/mol. The Balaban J connectivity index is 1.85. The molecule has 3 rings (SSSR count). The topological polar surface area (TPSA) is 50.1 Å².